The number of β-lactam (4-membered cyclic amide) rings is 2. The number of benzene rings is 2. The summed E-state index contributed by atoms with van der Waals surface area (Å²) in [5.41, 5.74) is 2.31. The predicted octanol–water partition coefficient (Wildman–Crippen LogP) is 9.71. The number of aliphatic hydroxyl groups is 2. The molecule has 8 aliphatic rings. The van der Waals surface area contributed by atoms with Gasteiger partial charge in [0.15, 0.2) is 0 Å². The van der Waals surface area contributed by atoms with Crippen molar-refractivity contribution in [3.8, 4) is 0 Å². The summed E-state index contributed by atoms with van der Waals surface area (Å²) in [7, 11) is 0. The van der Waals surface area contributed by atoms with Gasteiger partial charge >= 0.3 is 24.2 Å². The number of ether oxygens (including phenoxy) is 5. The molecule has 6 fully saturated rings. The minimum atomic E-state index is -1.20. The van der Waals surface area contributed by atoms with Gasteiger partial charge < -0.3 is 48.8 Å². The maximum Gasteiger partial charge on any atom is 0.511 e. The van der Waals surface area contributed by atoms with Gasteiger partial charge in [0, 0.05) is 78.3 Å². The van der Waals surface area contributed by atoms with Crippen molar-refractivity contribution in [1.82, 2.24) is 19.6 Å². The molecular weight excluding hydrogens is 1320 g/mol. The summed E-state index contributed by atoms with van der Waals surface area (Å²) in [4.78, 5) is 82.6. The number of aliphatic carboxylic acids is 1. The topological polar surface area (TPSA) is 222 Å². The van der Waals surface area contributed by atoms with Crippen LogP contribution in [0, 0.1) is 35.3 Å². The van der Waals surface area contributed by atoms with Gasteiger partial charge in [-0.15, -0.1) is 23.5 Å². The number of carboxylic acid groups (broad SMARTS) is 1. The summed E-state index contributed by atoms with van der Waals surface area (Å²) >= 11 is 7.12. The summed E-state index contributed by atoms with van der Waals surface area (Å²) < 4.78 is 52.1. The van der Waals surface area contributed by atoms with E-state index in [1.165, 1.54) is 47.4 Å². The molecule has 0 aromatic heterocycles. The van der Waals surface area contributed by atoms with Crippen LogP contribution in [0.15, 0.2) is 69.7 Å². The van der Waals surface area contributed by atoms with Crippen LogP contribution in [0.2, 0.25) is 0 Å². The Labute approximate surface area is 507 Å². The number of rotatable bonds is 17. The number of aliphatic hydroxyl groups excluding tert-OH is 2. The van der Waals surface area contributed by atoms with Crippen LogP contribution in [-0.2, 0) is 56.0 Å². The van der Waals surface area contributed by atoms with Crippen molar-refractivity contribution < 1.29 is 76.6 Å². The normalized spacial score (nSPS) is 26.3. The number of halogens is 4. The van der Waals surface area contributed by atoms with Crippen LogP contribution in [0.3, 0.4) is 0 Å². The second-order valence-electron chi connectivity index (χ2n) is 22.1. The maximum atomic E-state index is 13.4. The quantitative estimate of drug-likeness (QED) is 0.0335. The van der Waals surface area contributed by atoms with Gasteiger partial charge in [-0.3, -0.25) is 19.4 Å². The van der Waals surface area contributed by atoms with Gasteiger partial charge in [-0.1, -0.05) is 51.0 Å². The van der Waals surface area contributed by atoms with Crippen molar-refractivity contribution in [3.63, 3.8) is 0 Å². The molecule has 4 saturated heterocycles. The van der Waals surface area contributed by atoms with Crippen LogP contribution >= 0.6 is 68.7 Å². The highest BCUT2D eigenvalue weighted by molar-refractivity contribution is 14.2. The molecular formula is C57H72F2I2N4O14S2. The molecule has 2 aromatic rings. The first-order chi connectivity index (χ1) is 38.6. The summed E-state index contributed by atoms with van der Waals surface area (Å²) in [6.07, 6.45) is 5.94. The van der Waals surface area contributed by atoms with Crippen LogP contribution in [0.1, 0.15) is 110 Å². The van der Waals surface area contributed by atoms with E-state index >= 15 is 0 Å². The van der Waals surface area contributed by atoms with Gasteiger partial charge in [0.1, 0.15) is 35.2 Å². The molecule has 24 heteroatoms. The average molecular weight is 1390 g/mol. The van der Waals surface area contributed by atoms with Gasteiger partial charge in [-0.2, -0.15) is 0 Å². The van der Waals surface area contributed by atoms with Gasteiger partial charge in [0.2, 0.25) is 20.2 Å². The van der Waals surface area contributed by atoms with E-state index in [4.69, 9.17) is 23.7 Å². The van der Waals surface area contributed by atoms with Crippen molar-refractivity contribution in [2.75, 3.05) is 26.2 Å². The minimum Gasteiger partial charge on any atom is -0.477 e. The standard InChI is InChI=1S/C29H37FN2O7S.C20H23FN2O4S.C8H12I2O3/c1-16-24-23(17(2)33)27(34)32(24)25(28(35)37-18(3)38-29(36)39-21-7-5-4-6-8-21)26(16)40-22-14-31(15-22)13-19-9-11-20(30)12-10-19;1-10-16-15(11(2)24)19(25)23(16)17(20(26)27)18(10)28-14-8-22(9-14)7-12-3-5-13(21)6-4-12;9-7(10)13-8(11)12-6-4-2-1-3-5-6/h9-12,16-18,21-24,33H,4-8,13-15H2,1-3H3;3-6,10-11,14-16,24H,7-9H2,1-2H3,(H,26,27);6-7H,1-5H2/t16-,17-,18?,23-,24-;10-,11-,15-,16-;/m11./s1. The molecule has 0 bridgehead atoms. The lowest BCUT2D eigenvalue weighted by Gasteiger charge is -2.46. The second kappa shape index (κ2) is 28.4. The SMILES string of the molecule is CC(OC(=O)OC1CCCCC1)OC(=O)C1=C(SC2CN(Cc3ccc(F)cc3)C2)[C@H](C)[C@@H]2[C@@H]([C@@H](C)O)C(=O)N12.C[C@@H](O)[C@H]1C(=O)N2C(C(=O)O)=C(SC3CN(Cc4ccc(F)cc4)C3)[C@H](C)[C@H]12.O=C(OC(I)I)OC1CCCCC1. The monoisotopic (exact) mass is 1390 g/mol. The molecule has 6 heterocycles. The Hall–Kier alpha value is -3.80. The van der Waals surface area contributed by atoms with E-state index in [-0.39, 0.29) is 83.6 Å². The van der Waals surface area contributed by atoms with E-state index in [1.54, 1.807) is 61.6 Å². The van der Waals surface area contributed by atoms with Crippen LogP contribution in [0.4, 0.5) is 18.4 Å². The average Bonchev–Trinajstić information content (AvgIpc) is 3.36. The number of amides is 2. The Morgan fingerprint density at radius 3 is 1.37 bits per heavy atom. The zero-order valence-electron chi connectivity index (χ0n) is 46.0. The Morgan fingerprint density at radius 1 is 0.605 bits per heavy atom. The molecule has 9 atom stereocenters. The van der Waals surface area contributed by atoms with E-state index in [2.05, 4.69) is 9.80 Å². The largest absolute Gasteiger partial charge is 0.511 e. The molecule has 18 nitrogen and oxygen atoms in total. The molecule has 10 rings (SSSR count). The highest BCUT2D eigenvalue weighted by Crippen LogP contribution is 2.54. The number of carbonyl (C=O) groups is 6. The Balaban J connectivity index is 0.000000181. The number of alkyl halides is 2. The Kier molecular flexibility index (Phi) is 22.2. The molecule has 444 valence electrons. The predicted molar refractivity (Wildman–Crippen MR) is 314 cm³/mol. The zero-order chi connectivity index (χ0) is 58.4. The molecule has 6 aliphatic heterocycles. The molecule has 2 saturated carbocycles. The number of nitrogens with zero attached hydrogens (tertiary/aromatic N) is 4. The van der Waals surface area contributed by atoms with E-state index in [9.17, 15) is 52.9 Å². The number of carboxylic acids is 1. The fourth-order valence-corrected chi connectivity index (χ4v) is 15.6. The zero-order valence-corrected chi connectivity index (χ0v) is 51.9. The van der Waals surface area contributed by atoms with Crippen LogP contribution < -0.4 is 0 Å². The fourth-order valence-electron chi connectivity index (χ4n) is 12.0. The van der Waals surface area contributed by atoms with Crippen LogP contribution in [-0.4, -0.2) is 153 Å². The second-order valence-corrected chi connectivity index (χ2v) is 29.4. The van der Waals surface area contributed by atoms with Gasteiger partial charge in [-0.25, -0.2) is 28.0 Å². The summed E-state index contributed by atoms with van der Waals surface area (Å²) in [6, 6.07) is 12.3. The minimum absolute atomic E-state index is 0.0846. The highest BCUT2D eigenvalue weighted by atomic mass is 127. The molecule has 2 amide bonds. The number of likely N-dealkylation sites (tertiary alicyclic amines) is 2. The number of hydrogen-bond acceptors (Lipinski definition) is 17. The highest BCUT2D eigenvalue weighted by Gasteiger charge is 2.62. The van der Waals surface area contributed by atoms with Crippen LogP contribution in [0.25, 0.3) is 0 Å². The first-order valence-corrected chi connectivity index (χ1v) is 32.1. The van der Waals surface area contributed by atoms with Crippen molar-refractivity contribution in [3.05, 3.63) is 92.5 Å². The molecule has 0 radical (unpaired) electrons. The van der Waals surface area contributed by atoms with E-state index in [0.29, 0.717) is 6.54 Å². The third-order valence-electron chi connectivity index (χ3n) is 16.0. The van der Waals surface area contributed by atoms with Crippen molar-refractivity contribution >= 4 is 105 Å². The number of thioether (sulfide) groups is 2. The molecule has 0 spiro atoms. The first-order valence-electron chi connectivity index (χ1n) is 27.8. The Morgan fingerprint density at radius 2 is 0.988 bits per heavy atom. The van der Waals surface area contributed by atoms with Gasteiger partial charge in [-0.05, 0) is 146 Å². The lowest BCUT2D eigenvalue weighted by Crippen LogP contribution is -2.63. The Bertz CT molecular complexity index is 2650. The van der Waals surface area contributed by atoms with E-state index in [1.807, 2.05) is 59.0 Å². The molecule has 3 N–H and O–H groups in total. The summed E-state index contributed by atoms with van der Waals surface area (Å²) in [6.45, 7) is 13.1. The molecule has 2 aliphatic carbocycles. The van der Waals surface area contributed by atoms with E-state index in [0.717, 1.165) is 111 Å². The number of carbonyl (C=O) groups excluding carboxylic acids is 5. The number of esters is 1. The first kappa shape index (κ1) is 63.2. The summed E-state index contributed by atoms with van der Waals surface area (Å²) in [5, 5.41) is 30.3. The van der Waals surface area contributed by atoms with Crippen LogP contribution in [0.5, 0.6) is 0 Å². The molecule has 81 heavy (non-hydrogen) atoms. The summed E-state index contributed by atoms with van der Waals surface area (Å²) in [5.74, 6) is -4.34. The lowest BCUT2D eigenvalue weighted by atomic mass is 9.79. The van der Waals surface area contributed by atoms with E-state index < -0.39 is 54.6 Å². The van der Waals surface area contributed by atoms with Gasteiger partial charge in [0.05, 0.1) is 36.1 Å². The smallest absolute Gasteiger partial charge is 0.477 e. The maximum absolute atomic E-state index is 13.4. The lowest BCUT2D eigenvalue weighted by molar-refractivity contribution is -0.174. The van der Waals surface area contributed by atoms with Crippen molar-refractivity contribution in [2.45, 2.75) is 167 Å². The molecule has 1 unspecified atom stereocenters. The number of fused-ring (bicyclic) bond motifs is 2. The third-order valence-corrected chi connectivity index (χ3v) is 19.4. The third kappa shape index (κ3) is 15.6. The fraction of sp³-hybridized carbons (Fsp3) is 0.614. The number of hydrogen-bond donors (Lipinski definition) is 3. The van der Waals surface area contributed by atoms with Crippen molar-refractivity contribution in [1.29, 1.82) is 0 Å². The van der Waals surface area contributed by atoms with Gasteiger partial charge in [0.25, 0.3) is 0 Å². The molecule has 2 aromatic carbocycles. The van der Waals surface area contributed by atoms with Crippen molar-refractivity contribution in [2.24, 2.45) is 23.7 Å².